The van der Waals surface area contributed by atoms with Crippen molar-refractivity contribution in [3.05, 3.63) is 54.0 Å². The molecule has 34 heavy (non-hydrogen) atoms. The fourth-order valence-corrected chi connectivity index (χ4v) is 5.29. The molecule has 1 fully saturated rings. The lowest BCUT2D eigenvalue weighted by Gasteiger charge is -2.34. The van der Waals surface area contributed by atoms with E-state index in [1.807, 2.05) is 24.4 Å². The first-order valence-corrected chi connectivity index (χ1v) is 13.4. The molecule has 0 bridgehead atoms. The Hall–Kier alpha value is -2.98. The zero-order valence-electron chi connectivity index (χ0n) is 19.6. The van der Waals surface area contributed by atoms with E-state index >= 15 is 0 Å². The number of ether oxygens (including phenoxy) is 1. The van der Waals surface area contributed by atoms with Gasteiger partial charge in [0.2, 0.25) is 16.0 Å². The maximum absolute atomic E-state index is 12.5. The van der Waals surface area contributed by atoms with Crippen LogP contribution in [0.15, 0.2) is 42.9 Å². The fourth-order valence-electron chi connectivity index (χ4n) is 4.38. The molecule has 9 nitrogen and oxygen atoms in total. The van der Waals surface area contributed by atoms with E-state index in [1.54, 1.807) is 11.2 Å². The van der Waals surface area contributed by atoms with Crippen LogP contribution in [-0.4, -0.2) is 72.7 Å². The molecular weight excluding hydrogens is 454 g/mol. The van der Waals surface area contributed by atoms with Crippen molar-refractivity contribution in [3.63, 3.8) is 0 Å². The van der Waals surface area contributed by atoms with Gasteiger partial charge in [0.1, 0.15) is 0 Å². The molecule has 182 valence electrons. The Morgan fingerprint density at radius 1 is 1.21 bits per heavy atom. The van der Waals surface area contributed by atoms with Crippen LogP contribution in [-0.2, 0) is 21.2 Å². The first-order chi connectivity index (χ1) is 16.3. The number of nitrogens with one attached hydrogen (secondary N) is 1. The van der Waals surface area contributed by atoms with Crippen LogP contribution in [0.3, 0.4) is 0 Å². The Kier molecular flexibility index (Phi) is 7.47. The van der Waals surface area contributed by atoms with Crippen LogP contribution in [0, 0.1) is 5.92 Å². The van der Waals surface area contributed by atoms with Gasteiger partial charge in [-0.15, -0.1) is 0 Å². The van der Waals surface area contributed by atoms with Crippen molar-refractivity contribution in [1.29, 1.82) is 0 Å². The number of rotatable bonds is 9. The molecule has 10 heteroatoms. The molecule has 0 radical (unpaired) electrons. The molecule has 0 spiro atoms. The summed E-state index contributed by atoms with van der Waals surface area (Å²) in [6.45, 7) is 4.51. The molecule has 0 unspecified atom stereocenters. The van der Waals surface area contributed by atoms with E-state index in [0.717, 1.165) is 42.4 Å². The van der Waals surface area contributed by atoms with E-state index in [4.69, 9.17) is 4.74 Å². The fraction of sp³-hybridized carbons (Fsp3) is 0.458. The first kappa shape index (κ1) is 24.2. The highest BCUT2D eigenvalue weighted by Crippen LogP contribution is 2.23. The Bertz CT molecular complexity index is 1220. The molecule has 0 saturated carbocycles. The van der Waals surface area contributed by atoms with Crippen molar-refractivity contribution in [3.8, 4) is 0 Å². The second kappa shape index (κ2) is 10.5. The number of esters is 1. The number of para-hydroxylation sites is 1. The van der Waals surface area contributed by atoms with E-state index < -0.39 is 16.0 Å². The number of carbonyl (C=O) groups excluding carboxylic acids is 1. The van der Waals surface area contributed by atoms with Crippen LogP contribution < -0.4 is 4.90 Å². The average Bonchev–Trinajstić information content (AvgIpc) is 3.25. The minimum absolute atomic E-state index is 0.271. The quantitative estimate of drug-likeness (QED) is 0.464. The molecule has 1 aliphatic rings. The van der Waals surface area contributed by atoms with Crippen molar-refractivity contribution in [2.75, 3.05) is 43.9 Å². The number of sulfonamides is 1. The minimum Gasteiger partial charge on any atom is -0.462 e. The van der Waals surface area contributed by atoms with Gasteiger partial charge in [-0.05, 0) is 43.7 Å². The lowest BCUT2D eigenvalue weighted by atomic mass is 9.97. The summed E-state index contributed by atoms with van der Waals surface area (Å²) >= 11 is 0. The van der Waals surface area contributed by atoms with E-state index in [0.29, 0.717) is 37.6 Å². The number of hydrogen-bond donors (Lipinski definition) is 1. The summed E-state index contributed by atoms with van der Waals surface area (Å²) in [7, 11) is -3.31. The second-order valence-electron chi connectivity index (χ2n) is 8.65. The Balaban J connectivity index is 1.33. The minimum atomic E-state index is -3.31. The third kappa shape index (κ3) is 5.74. The highest BCUT2D eigenvalue weighted by atomic mass is 32.2. The zero-order valence-corrected chi connectivity index (χ0v) is 20.4. The third-order valence-corrected chi connectivity index (χ3v) is 7.55. The number of piperidine rings is 1. The summed E-state index contributed by atoms with van der Waals surface area (Å²) < 4.78 is 31.6. The summed E-state index contributed by atoms with van der Waals surface area (Å²) in [5, 5.41) is 1.14. The van der Waals surface area contributed by atoms with Gasteiger partial charge in [-0.2, -0.15) is 0 Å². The maximum atomic E-state index is 12.5. The summed E-state index contributed by atoms with van der Waals surface area (Å²) in [5.74, 6) is 0.416. The van der Waals surface area contributed by atoms with Gasteiger partial charge in [0, 0.05) is 55.7 Å². The van der Waals surface area contributed by atoms with Crippen LogP contribution in [0.4, 0.5) is 5.95 Å². The van der Waals surface area contributed by atoms with E-state index in [2.05, 4.69) is 25.9 Å². The monoisotopic (exact) mass is 485 g/mol. The van der Waals surface area contributed by atoms with E-state index in [-0.39, 0.29) is 5.92 Å². The number of carbonyl (C=O) groups is 1. The average molecular weight is 486 g/mol. The second-order valence-corrected chi connectivity index (χ2v) is 10.6. The molecule has 4 rings (SSSR count). The molecule has 3 heterocycles. The number of benzene rings is 1. The van der Waals surface area contributed by atoms with Gasteiger partial charge >= 0.3 is 5.97 Å². The van der Waals surface area contributed by atoms with Crippen molar-refractivity contribution in [1.82, 2.24) is 19.3 Å². The molecule has 0 atom stereocenters. The Morgan fingerprint density at radius 3 is 2.59 bits per heavy atom. The molecule has 3 aromatic rings. The molecular formula is C24H31N5O4S. The van der Waals surface area contributed by atoms with Gasteiger partial charge in [0.15, 0.2) is 0 Å². The van der Waals surface area contributed by atoms with Crippen molar-refractivity contribution in [2.45, 2.75) is 26.2 Å². The smallest absolute Gasteiger partial charge is 0.341 e. The lowest BCUT2D eigenvalue weighted by Crippen LogP contribution is -2.41. The van der Waals surface area contributed by atoms with Crippen LogP contribution in [0.5, 0.6) is 0 Å². The van der Waals surface area contributed by atoms with Gasteiger partial charge in [-0.1, -0.05) is 18.2 Å². The molecule has 2 aromatic heterocycles. The largest absolute Gasteiger partial charge is 0.462 e. The highest BCUT2D eigenvalue weighted by Gasteiger charge is 2.26. The van der Waals surface area contributed by atoms with Crippen molar-refractivity contribution >= 4 is 32.8 Å². The molecule has 0 aliphatic carbocycles. The van der Waals surface area contributed by atoms with Gasteiger partial charge in [0.05, 0.1) is 18.4 Å². The highest BCUT2D eigenvalue weighted by molar-refractivity contribution is 7.88. The SMILES string of the molecule is CCOC(=O)c1cnc(N2CCC(CN(CCc3c[nH]c4ccccc34)S(C)(=O)=O)CC2)nc1. The normalized spacial score (nSPS) is 15.2. The maximum Gasteiger partial charge on any atom is 0.341 e. The number of aromatic amines is 1. The molecule has 1 aromatic carbocycles. The third-order valence-electron chi connectivity index (χ3n) is 6.28. The van der Waals surface area contributed by atoms with Crippen LogP contribution in [0.25, 0.3) is 10.9 Å². The molecule has 1 saturated heterocycles. The van der Waals surface area contributed by atoms with Crippen LogP contribution in [0.1, 0.15) is 35.7 Å². The molecule has 1 aliphatic heterocycles. The lowest BCUT2D eigenvalue weighted by molar-refractivity contribution is 0.0525. The Labute approximate surface area is 200 Å². The van der Waals surface area contributed by atoms with Gasteiger partial charge in [-0.25, -0.2) is 27.5 Å². The van der Waals surface area contributed by atoms with Crippen molar-refractivity contribution < 1.29 is 17.9 Å². The zero-order chi connectivity index (χ0) is 24.1. The number of H-pyrrole nitrogens is 1. The van der Waals surface area contributed by atoms with Gasteiger partial charge < -0.3 is 14.6 Å². The topological polar surface area (TPSA) is 108 Å². The van der Waals surface area contributed by atoms with Gasteiger partial charge in [0.25, 0.3) is 0 Å². The number of anilines is 1. The Morgan fingerprint density at radius 2 is 1.91 bits per heavy atom. The van der Waals surface area contributed by atoms with Crippen molar-refractivity contribution in [2.24, 2.45) is 5.92 Å². The molecule has 0 amide bonds. The summed E-state index contributed by atoms with van der Waals surface area (Å²) in [4.78, 5) is 25.7. The van der Waals surface area contributed by atoms with Crippen LogP contribution in [0.2, 0.25) is 0 Å². The first-order valence-electron chi connectivity index (χ1n) is 11.6. The summed E-state index contributed by atoms with van der Waals surface area (Å²) in [6.07, 6.45) is 8.60. The predicted octanol–water partition coefficient (Wildman–Crippen LogP) is 2.86. The number of hydrogen-bond acceptors (Lipinski definition) is 7. The van der Waals surface area contributed by atoms with Crippen LogP contribution >= 0.6 is 0 Å². The predicted molar refractivity (Wildman–Crippen MR) is 131 cm³/mol. The standard InChI is InChI=1S/C24H31N5O4S/c1-3-33-23(30)20-15-26-24(27-16-20)28-11-8-18(9-12-28)17-29(34(2,31)32)13-10-19-14-25-22-7-5-4-6-21(19)22/h4-7,14-16,18,25H,3,8-13,17H2,1-2H3. The number of nitrogens with zero attached hydrogens (tertiary/aromatic N) is 4. The van der Waals surface area contributed by atoms with E-state index in [1.165, 1.54) is 18.6 Å². The summed E-state index contributed by atoms with van der Waals surface area (Å²) in [5.41, 5.74) is 2.52. The number of aromatic nitrogens is 3. The molecule has 1 N–H and O–H groups in total. The van der Waals surface area contributed by atoms with Gasteiger partial charge in [-0.3, -0.25) is 0 Å². The van der Waals surface area contributed by atoms with E-state index in [9.17, 15) is 13.2 Å². The number of fused-ring (bicyclic) bond motifs is 1. The summed E-state index contributed by atoms with van der Waals surface area (Å²) in [6, 6.07) is 8.06.